The molecule has 1 fully saturated rings. The second-order valence-electron chi connectivity index (χ2n) is 7.61. The number of rotatable bonds is 5. The monoisotopic (exact) mass is 314 g/mol. The Hall–Kier alpha value is -0.683. The summed E-state index contributed by atoms with van der Waals surface area (Å²) in [4.78, 5) is 22.8. The topological polar surface area (TPSA) is 52.6 Å². The van der Waals surface area contributed by atoms with E-state index in [2.05, 4.69) is 33.9 Å². The number of Topliss-reactive ketones (excluding diaryl/α,β-unsaturated/α-hetero) is 1. The minimum Gasteiger partial charge on any atom is -0.459 e. The largest absolute Gasteiger partial charge is 0.459 e. The van der Waals surface area contributed by atoms with Crippen LogP contribution in [0.4, 0.5) is 0 Å². The summed E-state index contributed by atoms with van der Waals surface area (Å²) >= 11 is 0. The van der Waals surface area contributed by atoms with Crippen LogP contribution in [0.1, 0.15) is 59.8 Å². The van der Waals surface area contributed by atoms with Crippen molar-refractivity contribution in [3.63, 3.8) is 0 Å². The summed E-state index contributed by atoms with van der Waals surface area (Å²) in [6, 6.07) is 0. The average Bonchev–Trinajstić information content (AvgIpc) is 2.28. The smallest absolute Gasteiger partial charge is 0.313 e. The molecule has 4 nitrogen and oxygen atoms in total. The lowest BCUT2D eigenvalue weighted by atomic mass is 9.95. The van der Waals surface area contributed by atoms with E-state index in [0.29, 0.717) is 0 Å². The Kier molecular flexibility index (Phi) is 6.17. The van der Waals surface area contributed by atoms with E-state index in [9.17, 15) is 9.59 Å². The Labute approximate surface area is 129 Å². The fourth-order valence-electron chi connectivity index (χ4n) is 2.30. The third kappa shape index (κ3) is 5.55. The minimum atomic E-state index is -1.88. The van der Waals surface area contributed by atoms with Crippen LogP contribution in [-0.2, 0) is 18.8 Å². The van der Waals surface area contributed by atoms with Crippen LogP contribution in [0.2, 0.25) is 18.1 Å². The Balaban J connectivity index is 2.69. The van der Waals surface area contributed by atoms with Crippen molar-refractivity contribution < 1.29 is 18.8 Å². The van der Waals surface area contributed by atoms with Crippen molar-refractivity contribution in [3.05, 3.63) is 0 Å². The van der Waals surface area contributed by atoms with Crippen molar-refractivity contribution in [2.45, 2.75) is 90.1 Å². The normalized spacial score (nSPS) is 23.7. The third-order valence-corrected chi connectivity index (χ3v) is 9.07. The van der Waals surface area contributed by atoms with Gasteiger partial charge < -0.3 is 9.16 Å². The van der Waals surface area contributed by atoms with Crippen LogP contribution in [0.3, 0.4) is 0 Å². The number of ether oxygens (including phenoxy) is 1. The predicted molar refractivity (Wildman–Crippen MR) is 85.7 cm³/mol. The van der Waals surface area contributed by atoms with Gasteiger partial charge in [0.2, 0.25) is 0 Å². The summed E-state index contributed by atoms with van der Waals surface area (Å²) in [6.07, 6.45) is 3.59. The Morgan fingerprint density at radius 2 is 1.62 bits per heavy atom. The van der Waals surface area contributed by atoms with Gasteiger partial charge in [-0.15, -0.1) is 0 Å². The van der Waals surface area contributed by atoms with Crippen LogP contribution < -0.4 is 0 Å². The van der Waals surface area contributed by atoms with Crippen LogP contribution in [0.5, 0.6) is 0 Å². The SMILES string of the molecule is CC(=O)CC(=O)O[C@@H]1CCCC[C@@H]1O[Si](C)(C)C(C)(C)C. The second kappa shape index (κ2) is 7.05. The fourth-order valence-corrected chi connectivity index (χ4v) is 3.68. The highest BCUT2D eigenvalue weighted by molar-refractivity contribution is 6.74. The molecule has 0 radical (unpaired) electrons. The van der Waals surface area contributed by atoms with Gasteiger partial charge in [0.1, 0.15) is 18.3 Å². The fraction of sp³-hybridized carbons (Fsp3) is 0.875. The Morgan fingerprint density at radius 1 is 1.10 bits per heavy atom. The second-order valence-corrected chi connectivity index (χ2v) is 12.4. The van der Waals surface area contributed by atoms with Gasteiger partial charge in [0.15, 0.2) is 8.32 Å². The van der Waals surface area contributed by atoms with E-state index < -0.39 is 14.3 Å². The van der Waals surface area contributed by atoms with E-state index in [4.69, 9.17) is 9.16 Å². The molecule has 0 aliphatic heterocycles. The van der Waals surface area contributed by atoms with E-state index in [-0.39, 0.29) is 29.5 Å². The highest BCUT2D eigenvalue weighted by Gasteiger charge is 2.42. The van der Waals surface area contributed by atoms with Gasteiger partial charge >= 0.3 is 5.97 Å². The quantitative estimate of drug-likeness (QED) is 0.439. The number of hydrogen-bond donors (Lipinski definition) is 0. The maximum atomic E-state index is 11.7. The van der Waals surface area contributed by atoms with Gasteiger partial charge in [-0.3, -0.25) is 9.59 Å². The van der Waals surface area contributed by atoms with Gasteiger partial charge in [-0.25, -0.2) is 0 Å². The highest BCUT2D eigenvalue weighted by Crippen LogP contribution is 2.39. The Bertz CT molecular complexity index is 384. The van der Waals surface area contributed by atoms with E-state index >= 15 is 0 Å². The molecule has 1 saturated carbocycles. The average molecular weight is 314 g/mol. The first-order chi connectivity index (χ1) is 9.53. The molecule has 0 saturated heterocycles. The first kappa shape index (κ1) is 18.4. The molecule has 1 rings (SSSR count). The van der Waals surface area contributed by atoms with Gasteiger partial charge in [0, 0.05) is 0 Å². The maximum Gasteiger partial charge on any atom is 0.313 e. The minimum absolute atomic E-state index is 0.0180. The van der Waals surface area contributed by atoms with E-state index in [0.717, 1.165) is 25.7 Å². The summed E-state index contributed by atoms with van der Waals surface area (Å²) < 4.78 is 11.9. The number of hydrogen-bond acceptors (Lipinski definition) is 4. The number of carbonyl (C=O) groups is 2. The van der Waals surface area contributed by atoms with Crippen molar-refractivity contribution in [1.29, 1.82) is 0 Å². The molecule has 0 bridgehead atoms. The standard InChI is InChI=1S/C16H30O4Si/c1-12(17)11-15(18)19-13-9-7-8-10-14(13)20-21(5,6)16(2,3)4/h13-14H,7-11H2,1-6H3/t13-,14+/m1/s1. The molecule has 21 heavy (non-hydrogen) atoms. The summed E-state index contributed by atoms with van der Waals surface area (Å²) in [6.45, 7) is 12.5. The molecule has 0 amide bonds. The third-order valence-electron chi connectivity index (χ3n) is 4.57. The number of carbonyl (C=O) groups excluding carboxylic acids is 2. The van der Waals surface area contributed by atoms with E-state index in [1.807, 2.05) is 0 Å². The summed E-state index contributed by atoms with van der Waals surface area (Å²) in [5.74, 6) is -0.573. The van der Waals surface area contributed by atoms with E-state index in [1.165, 1.54) is 6.92 Å². The van der Waals surface area contributed by atoms with Gasteiger partial charge in [-0.1, -0.05) is 27.2 Å². The van der Waals surface area contributed by atoms with Gasteiger partial charge in [-0.05, 0) is 44.3 Å². The molecule has 1 aliphatic carbocycles. The molecule has 0 N–H and O–H groups in total. The number of esters is 1. The first-order valence-electron chi connectivity index (χ1n) is 7.89. The molecule has 0 aromatic heterocycles. The summed E-state index contributed by atoms with van der Waals surface area (Å²) in [5, 5.41) is 0.137. The lowest BCUT2D eigenvalue weighted by Gasteiger charge is -2.42. The zero-order chi connectivity index (χ0) is 16.3. The summed E-state index contributed by atoms with van der Waals surface area (Å²) in [5.41, 5.74) is 0. The Morgan fingerprint density at radius 3 is 2.10 bits per heavy atom. The highest BCUT2D eigenvalue weighted by atomic mass is 28.4. The predicted octanol–water partition coefficient (Wildman–Crippen LogP) is 3.84. The molecular formula is C16H30O4Si. The van der Waals surface area contributed by atoms with E-state index in [1.54, 1.807) is 0 Å². The van der Waals surface area contributed by atoms with Crippen molar-refractivity contribution in [1.82, 2.24) is 0 Å². The van der Waals surface area contributed by atoms with Crippen LogP contribution in [-0.4, -0.2) is 32.3 Å². The van der Waals surface area contributed by atoms with Crippen molar-refractivity contribution in [2.75, 3.05) is 0 Å². The first-order valence-corrected chi connectivity index (χ1v) is 10.8. The van der Waals surface area contributed by atoms with Crippen molar-refractivity contribution in [2.24, 2.45) is 0 Å². The lowest BCUT2D eigenvalue weighted by molar-refractivity contribution is -0.157. The maximum absolute atomic E-state index is 11.7. The lowest BCUT2D eigenvalue weighted by Crippen LogP contribution is -2.49. The molecule has 2 atom stereocenters. The molecule has 0 heterocycles. The molecule has 0 aromatic rings. The van der Waals surface area contributed by atoms with Crippen molar-refractivity contribution >= 4 is 20.1 Å². The summed E-state index contributed by atoms with van der Waals surface area (Å²) in [7, 11) is -1.88. The zero-order valence-corrected chi connectivity index (χ0v) is 15.3. The zero-order valence-electron chi connectivity index (χ0n) is 14.3. The molecule has 0 spiro atoms. The van der Waals surface area contributed by atoms with Crippen LogP contribution >= 0.6 is 0 Å². The van der Waals surface area contributed by atoms with Crippen LogP contribution in [0.15, 0.2) is 0 Å². The number of ketones is 1. The molecule has 5 heteroatoms. The molecule has 0 unspecified atom stereocenters. The van der Waals surface area contributed by atoms with Crippen LogP contribution in [0.25, 0.3) is 0 Å². The molecule has 1 aliphatic rings. The molecule has 122 valence electrons. The van der Waals surface area contributed by atoms with Gasteiger partial charge in [-0.2, -0.15) is 0 Å². The molecular weight excluding hydrogens is 284 g/mol. The van der Waals surface area contributed by atoms with Gasteiger partial charge in [0.25, 0.3) is 0 Å². The van der Waals surface area contributed by atoms with Crippen molar-refractivity contribution in [3.8, 4) is 0 Å². The van der Waals surface area contributed by atoms with Gasteiger partial charge in [0.05, 0.1) is 6.10 Å². The van der Waals surface area contributed by atoms with Crippen LogP contribution in [0, 0.1) is 0 Å². The molecule has 0 aromatic carbocycles.